The average molecular weight is 334 g/mol. The second kappa shape index (κ2) is 6.66. The summed E-state index contributed by atoms with van der Waals surface area (Å²) < 4.78 is 16.2. The molecule has 0 spiro atoms. The summed E-state index contributed by atoms with van der Waals surface area (Å²) in [5.74, 6) is 0.135. The largest absolute Gasteiger partial charge is 0.328 e. The van der Waals surface area contributed by atoms with E-state index in [0.717, 1.165) is 42.7 Å². The Hall–Kier alpha value is -2.71. The summed E-state index contributed by atoms with van der Waals surface area (Å²) in [7, 11) is 0. The predicted molar refractivity (Wildman–Crippen MR) is 94.8 cm³/mol. The quantitative estimate of drug-likeness (QED) is 0.797. The summed E-state index contributed by atoms with van der Waals surface area (Å²) in [5, 5.41) is 13.3. The fourth-order valence-electron chi connectivity index (χ4n) is 3.48. The Morgan fingerprint density at radius 1 is 1.20 bits per heavy atom. The van der Waals surface area contributed by atoms with Crippen LogP contribution in [-0.4, -0.2) is 22.6 Å². The monoisotopic (exact) mass is 334 g/mol. The van der Waals surface area contributed by atoms with E-state index in [1.165, 1.54) is 6.07 Å². The van der Waals surface area contributed by atoms with E-state index < -0.39 is 0 Å². The molecule has 1 aromatic carbocycles. The van der Waals surface area contributed by atoms with Gasteiger partial charge < -0.3 is 9.88 Å². The van der Waals surface area contributed by atoms with Crippen LogP contribution in [0.3, 0.4) is 0 Å². The number of fused-ring (bicyclic) bond motifs is 1. The van der Waals surface area contributed by atoms with Gasteiger partial charge in [0.25, 0.3) is 0 Å². The molecule has 1 aliphatic rings. The second-order valence-corrected chi connectivity index (χ2v) is 6.53. The van der Waals surface area contributed by atoms with E-state index in [4.69, 9.17) is 10.2 Å². The first-order valence-corrected chi connectivity index (χ1v) is 8.59. The Morgan fingerprint density at radius 3 is 2.80 bits per heavy atom. The topological polar surface area (TPSA) is 53.6 Å². The zero-order valence-corrected chi connectivity index (χ0v) is 13.9. The molecule has 126 valence electrons. The van der Waals surface area contributed by atoms with Crippen molar-refractivity contribution < 1.29 is 4.39 Å². The maximum absolute atomic E-state index is 14.2. The molecule has 3 heterocycles. The molecule has 1 saturated heterocycles. The number of benzene rings is 1. The number of hydrogen-bond acceptors (Lipinski definition) is 3. The molecule has 4 rings (SSSR count). The minimum Gasteiger partial charge on any atom is -0.328 e. The number of nitriles is 1. The van der Waals surface area contributed by atoms with Crippen LogP contribution in [0.1, 0.15) is 35.6 Å². The first kappa shape index (κ1) is 15.8. The zero-order valence-electron chi connectivity index (χ0n) is 13.9. The lowest BCUT2D eigenvalue weighted by Crippen LogP contribution is -2.27. The van der Waals surface area contributed by atoms with E-state index in [-0.39, 0.29) is 5.82 Å². The Balaban J connectivity index is 1.66. The summed E-state index contributed by atoms with van der Waals surface area (Å²) in [6.07, 6.45) is 4.15. The van der Waals surface area contributed by atoms with Gasteiger partial charge in [-0.05, 0) is 56.3 Å². The Morgan fingerprint density at radius 2 is 2.04 bits per heavy atom. The summed E-state index contributed by atoms with van der Waals surface area (Å²) in [5.41, 5.74) is 2.91. The number of piperidine rings is 1. The van der Waals surface area contributed by atoms with Crippen LogP contribution >= 0.6 is 0 Å². The van der Waals surface area contributed by atoms with Crippen molar-refractivity contribution in [2.45, 2.75) is 25.3 Å². The molecule has 1 aliphatic heterocycles. The molecule has 1 N–H and O–H groups in total. The van der Waals surface area contributed by atoms with Gasteiger partial charge in [-0.15, -0.1) is 0 Å². The van der Waals surface area contributed by atoms with Crippen LogP contribution in [0.4, 0.5) is 4.39 Å². The van der Waals surface area contributed by atoms with Crippen LogP contribution in [0.25, 0.3) is 11.0 Å². The van der Waals surface area contributed by atoms with Crippen LogP contribution in [0, 0.1) is 17.1 Å². The Labute approximate surface area is 145 Å². The van der Waals surface area contributed by atoms with Crippen LogP contribution in [-0.2, 0) is 6.54 Å². The van der Waals surface area contributed by atoms with Gasteiger partial charge >= 0.3 is 0 Å². The fourth-order valence-corrected chi connectivity index (χ4v) is 3.48. The smallest absolute Gasteiger partial charge is 0.140 e. The number of aromatic nitrogens is 2. The molecule has 0 saturated carbocycles. The summed E-state index contributed by atoms with van der Waals surface area (Å²) in [6.45, 7) is 2.47. The minimum absolute atomic E-state index is 0.338. The Bertz CT molecular complexity index is 948. The molecular formula is C20H19FN4. The van der Waals surface area contributed by atoms with Gasteiger partial charge in [0.2, 0.25) is 0 Å². The number of nitrogens with one attached hydrogen (secondary N) is 1. The lowest BCUT2D eigenvalue weighted by Gasteiger charge is -2.22. The first-order valence-electron chi connectivity index (χ1n) is 8.59. The molecule has 5 heteroatoms. The van der Waals surface area contributed by atoms with Gasteiger partial charge in [-0.1, -0.05) is 6.07 Å². The number of nitrogens with zero attached hydrogens (tertiary/aromatic N) is 3. The molecular weight excluding hydrogens is 315 g/mol. The van der Waals surface area contributed by atoms with Crippen LogP contribution in [0.2, 0.25) is 0 Å². The SMILES string of the molecule is N#Cc1ccc(Cn2ccc3ccc(C4CCNCC4)nc32)c(F)c1. The maximum atomic E-state index is 14.2. The third kappa shape index (κ3) is 3.13. The van der Waals surface area contributed by atoms with E-state index in [1.807, 2.05) is 22.9 Å². The molecule has 25 heavy (non-hydrogen) atoms. The van der Waals surface area contributed by atoms with E-state index in [9.17, 15) is 4.39 Å². The molecule has 1 fully saturated rings. The molecule has 0 atom stereocenters. The third-order valence-electron chi connectivity index (χ3n) is 4.91. The molecule has 0 unspecified atom stereocenters. The molecule has 0 bridgehead atoms. The van der Waals surface area contributed by atoms with Crippen molar-refractivity contribution >= 4 is 11.0 Å². The van der Waals surface area contributed by atoms with Gasteiger partial charge in [0, 0.05) is 28.8 Å². The van der Waals surface area contributed by atoms with Crippen molar-refractivity contribution in [3.8, 4) is 6.07 Å². The summed E-state index contributed by atoms with van der Waals surface area (Å²) in [6, 6.07) is 12.8. The lowest BCUT2D eigenvalue weighted by atomic mass is 9.94. The van der Waals surface area contributed by atoms with Gasteiger partial charge in [-0.25, -0.2) is 9.37 Å². The molecule has 0 radical (unpaired) electrons. The minimum atomic E-state index is -0.351. The number of halogens is 1. The van der Waals surface area contributed by atoms with Crippen LogP contribution in [0.15, 0.2) is 42.6 Å². The third-order valence-corrected chi connectivity index (χ3v) is 4.91. The maximum Gasteiger partial charge on any atom is 0.140 e. The highest BCUT2D eigenvalue weighted by Gasteiger charge is 2.17. The number of hydrogen-bond donors (Lipinski definition) is 1. The number of pyridine rings is 1. The second-order valence-electron chi connectivity index (χ2n) is 6.53. The molecule has 4 nitrogen and oxygen atoms in total. The summed E-state index contributed by atoms with van der Waals surface area (Å²) in [4.78, 5) is 4.88. The highest BCUT2D eigenvalue weighted by Crippen LogP contribution is 2.26. The van der Waals surface area contributed by atoms with Crippen molar-refractivity contribution in [1.29, 1.82) is 5.26 Å². The van der Waals surface area contributed by atoms with Crippen LogP contribution in [0.5, 0.6) is 0 Å². The fraction of sp³-hybridized carbons (Fsp3) is 0.300. The van der Waals surface area contributed by atoms with Crippen molar-refractivity contribution in [2.75, 3.05) is 13.1 Å². The first-order chi connectivity index (χ1) is 12.2. The van der Waals surface area contributed by atoms with Crippen molar-refractivity contribution in [2.24, 2.45) is 0 Å². The Kier molecular flexibility index (Phi) is 4.21. The normalized spacial score (nSPS) is 15.4. The predicted octanol–water partition coefficient (Wildman–Crippen LogP) is 3.56. The van der Waals surface area contributed by atoms with Crippen molar-refractivity contribution in [3.05, 3.63) is 65.2 Å². The van der Waals surface area contributed by atoms with E-state index in [0.29, 0.717) is 23.6 Å². The average Bonchev–Trinajstić information content (AvgIpc) is 3.06. The standard InChI is InChI=1S/C20H19FN4/c21-18-11-14(12-22)1-2-17(18)13-25-10-7-16-3-4-19(24-20(16)25)15-5-8-23-9-6-15/h1-4,7,10-11,15,23H,5-6,8-9,13H2. The van der Waals surface area contributed by atoms with E-state index >= 15 is 0 Å². The van der Waals surface area contributed by atoms with Gasteiger partial charge in [0.1, 0.15) is 11.5 Å². The molecule has 2 aromatic heterocycles. The molecule has 0 aliphatic carbocycles. The van der Waals surface area contributed by atoms with Crippen LogP contribution < -0.4 is 5.32 Å². The highest BCUT2D eigenvalue weighted by molar-refractivity contribution is 5.76. The van der Waals surface area contributed by atoms with Gasteiger partial charge in [0.05, 0.1) is 18.2 Å². The van der Waals surface area contributed by atoms with E-state index in [1.54, 1.807) is 12.1 Å². The van der Waals surface area contributed by atoms with Crippen molar-refractivity contribution in [1.82, 2.24) is 14.9 Å². The zero-order chi connectivity index (χ0) is 17.2. The van der Waals surface area contributed by atoms with Crippen molar-refractivity contribution in [3.63, 3.8) is 0 Å². The van der Waals surface area contributed by atoms with E-state index in [2.05, 4.69) is 17.4 Å². The molecule has 3 aromatic rings. The van der Waals surface area contributed by atoms with Gasteiger partial charge in [-0.2, -0.15) is 5.26 Å². The highest BCUT2D eigenvalue weighted by atomic mass is 19.1. The number of rotatable bonds is 3. The van der Waals surface area contributed by atoms with Gasteiger partial charge in [0.15, 0.2) is 0 Å². The summed E-state index contributed by atoms with van der Waals surface area (Å²) >= 11 is 0. The molecule has 0 amide bonds. The van der Waals surface area contributed by atoms with Gasteiger partial charge in [-0.3, -0.25) is 0 Å². The lowest BCUT2D eigenvalue weighted by molar-refractivity contribution is 0.454.